The van der Waals surface area contributed by atoms with Crippen molar-refractivity contribution in [3.63, 3.8) is 0 Å². The molecule has 0 saturated heterocycles. The molecule has 0 saturated carbocycles. The van der Waals surface area contributed by atoms with Gasteiger partial charge in [-0.25, -0.2) is 0 Å². The summed E-state index contributed by atoms with van der Waals surface area (Å²) >= 11 is 0. The average molecular weight is 451 g/mol. The van der Waals surface area contributed by atoms with Crippen molar-refractivity contribution in [1.29, 1.82) is 0 Å². The first kappa shape index (κ1) is 23.6. The van der Waals surface area contributed by atoms with Gasteiger partial charge in [0.2, 0.25) is 0 Å². The van der Waals surface area contributed by atoms with E-state index in [1.165, 1.54) is 17.5 Å². The lowest BCUT2D eigenvalue weighted by molar-refractivity contribution is 0.428. The van der Waals surface area contributed by atoms with Gasteiger partial charge in [0.25, 0.3) is 0 Å². The van der Waals surface area contributed by atoms with Gasteiger partial charge in [-0.05, 0) is 59.4 Å². The first-order valence-corrected chi connectivity index (χ1v) is 12.4. The molecule has 2 N–H and O–H groups in total. The highest BCUT2D eigenvalue weighted by molar-refractivity contribution is 5.73. The van der Waals surface area contributed by atoms with Crippen molar-refractivity contribution in [3.05, 3.63) is 108 Å². The molecular formula is C32H34O2. The van der Waals surface area contributed by atoms with Crippen LogP contribution in [-0.4, -0.2) is 10.2 Å². The second-order valence-electron chi connectivity index (χ2n) is 9.09. The summed E-state index contributed by atoms with van der Waals surface area (Å²) in [4.78, 5) is 0. The third kappa shape index (κ3) is 4.72. The third-order valence-electron chi connectivity index (χ3n) is 7.08. The van der Waals surface area contributed by atoms with Crippen LogP contribution in [0.15, 0.2) is 97.1 Å². The topological polar surface area (TPSA) is 40.5 Å². The average Bonchev–Trinajstić information content (AvgIpc) is 2.89. The highest BCUT2D eigenvalue weighted by Gasteiger charge is 2.33. The molecular weight excluding hydrogens is 416 g/mol. The Morgan fingerprint density at radius 1 is 0.588 bits per heavy atom. The summed E-state index contributed by atoms with van der Waals surface area (Å²) in [7, 11) is 0. The first-order chi connectivity index (χ1) is 16.6. The van der Waals surface area contributed by atoms with Crippen LogP contribution in [0.5, 0.6) is 11.5 Å². The molecule has 2 heteroatoms. The zero-order chi connectivity index (χ0) is 24.0. The lowest BCUT2D eigenvalue weighted by atomic mass is 9.68. The normalized spacial score (nSPS) is 11.5. The van der Waals surface area contributed by atoms with E-state index in [1.54, 1.807) is 0 Å². The second kappa shape index (κ2) is 10.6. The Hall–Kier alpha value is -3.52. The van der Waals surface area contributed by atoms with E-state index >= 15 is 0 Å². The van der Waals surface area contributed by atoms with E-state index in [2.05, 4.69) is 38.1 Å². The predicted molar refractivity (Wildman–Crippen MR) is 142 cm³/mol. The number of phenols is 2. The summed E-state index contributed by atoms with van der Waals surface area (Å²) in [6.07, 6.45) is 5.39. The Balaban J connectivity index is 1.89. The molecule has 0 atom stereocenters. The van der Waals surface area contributed by atoms with E-state index in [4.69, 9.17) is 0 Å². The van der Waals surface area contributed by atoms with Crippen LogP contribution in [0.25, 0.3) is 22.3 Å². The summed E-state index contributed by atoms with van der Waals surface area (Å²) in [5, 5.41) is 21.4. The van der Waals surface area contributed by atoms with Crippen LogP contribution in [0.1, 0.15) is 57.1 Å². The molecule has 4 rings (SSSR count). The number of rotatable bonds is 9. The standard InChI is InChI=1S/C32H34O2/c1-3-5-12-21-32(4-2,26-17-19-30(33)28(22-26)24-13-8-6-9-14-24)27-18-20-31(34)29(23-27)25-15-10-7-11-16-25/h6-11,13-20,22-23,33-34H,3-5,12,21H2,1-2H3. The van der Waals surface area contributed by atoms with Crippen molar-refractivity contribution in [2.45, 2.75) is 51.4 Å². The lowest BCUT2D eigenvalue weighted by Gasteiger charge is -2.35. The number of phenolic OH excluding ortho intramolecular Hbond substituents is 2. The minimum absolute atomic E-state index is 0.219. The van der Waals surface area contributed by atoms with Crippen LogP contribution in [0.4, 0.5) is 0 Å². The molecule has 2 nitrogen and oxygen atoms in total. The van der Waals surface area contributed by atoms with Crippen molar-refractivity contribution in [2.24, 2.45) is 0 Å². The Labute approximate surface area is 203 Å². The fourth-order valence-electron chi connectivity index (χ4n) is 5.08. The molecule has 0 unspecified atom stereocenters. The summed E-state index contributed by atoms with van der Waals surface area (Å²) in [6, 6.07) is 32.3. The first-order valence-electron chi connectivity index (χ1n) is 12.4. The molecule has 4 aromatic carbocycles. The Morgan fingerprint density at radius 3 is 1.47 bits per heavy atom. The molecule has 0 aliphatic heterocycles. The molecule has 174 valence electrons. The SMILES string of the molecule is CCCCCC(CC)(c1ccc(O)c(-c2ccccc2)c1)c1ccc(O)c(-c2ccccc2)c1. The zero-order valence-corrected chi connectivity index (χ0v) is 20.2. The molecule has 0 radical (unpaired) electrons. The van der Waals surface area contributed by atoms with E-state index in [0.717, 1.165) is 47.9 Å². The van der Waals surface area contributed by atoms with Gasteiger partial charge in [0, 0.05) is 16.5 Å². The Kier molecular flexibility index (Phi) is 7.37. The molecule has 0 fully saturated rings. The van der Waals surface area contributed by atoms with Gasteiger partial charge in [-0.3, -0.25) is 0 Å². The van der Waals surface area contributed by atoms with Crippen LogP contribution in [-0.2, 0) is 5.41 Å². The van der Waals surface area contributed by atoms with Crippen LogP contribution < -0.4 is 0 Å². The predicted octanol–water partition coefficient (Wildman–Crippen LogP) is 8.71. The van der Waals surface area contributed by atoms with E-state index in [0.29, 0.717) is 11.5 Å². The minimum Gasteiger partial charge on any atom is -0.507 e. The van der Waals surface area contributed by atoms with Crippen LogP contribution in [0.2, 0.25) is 0 Å². The van der Waals surface area contributed by atoms with Gasteiger partial charge < -0.3 is 10.2 Å². The number of benzene rings is 4. The van der Waals surface area contributed by atoms with Gasteiger partial charge in [-0.1, -0.05) is 106 Å². The highest BCUT2D eigenvalue weighted by Crippen LogP contribution is 2.45. The van der Waals surface area contributed by atoms with Gasteiger partial charge in [-0.15, -0.1) is 0 Å². The Morgan fingerprint density at radius 2 is 1.06 bits per heavy atom. The molecule has 0 spiro atoms. The zero-order valence-electron chi connectivity index (χ0n) is 20.2. The molecule has 0 bridgehead atoms. The maximum Gasteiger partial charge on any atom is 0.123 e. The molecule has 0 aliphatic rings. The molecule has 0 aromatic heterocycles. The molecule has 4 aromatic rings. The van der Waals surface area contributed by atoms with E-state index < -0.39 is 0 Å². The van der Waals surface area contributed by atoms with Crippen LogP contribution in [0.3, 0.4) is 0 Å². The van der Waals surface area contributed by atoms with Crippen molar-refractivity contribution < 1.29 is 10.2 Å². The number of aromatic hydroxyl groups is 2. The number of hydrogen-bond acceptors (Lipinski definition) is 2. The summed E-state index contributed by atoms with van der Waals surface area (Å²) in [6.45, 7) is 4.48. The van der Waals surface area contributed by atoms with Crippen molar-refractivity contribution in [2.75, 3.05) is 0 Å². The van der Waals surface area contributed by atoms with Crippen molar-refractivity contribution >= 4 is 0 Å². The van der Waals surface area contributed by atoms with Crippen LogP contribution in [0, 0.1) is 0 Å². The van der Waals surface area contributed by atoms with Gasteiger partial charge in [-0.2, -0.15) is 0 Å². The van der Waals surface area contributed by atoms with Gasteiger partial charge in [0.1, 0.15) is 11.5 Å². The summed E-state index contributed by atoms with van der Waals surface area (Å²) in [5.41, 5.74) is 5.91. The number of unbranched alkanes of at least 4 members (excludes halogenated alkanes) is 2. The van der Waals surface area contributed by atoms with Gasteiger partial charge >= 0.3 is 0 Å². The maximum absolute atomic E-state index is 10.7. The van der Waals surface area contributed by atoms with Crippen LogP contribution >= 0.6 is 0 Å². The minimum atomic E-state index is -0.219. The maximum atomic E-state index is 10.7. The second-order valence-corrected chi connectivity index (χ2v) is 9.09. The lowest BCUT2D eigenvalue weighted by Crippen LogP contribution is -2.27. The molecule has 0 heterocycles. The molecule has 0 amide bonds. The molecule has 34 heavy (non-hydrogen) atoms. The largest absolute Gasteiger partial charge is 0.507 e. The van der Waals surface area contributed by atoms with E-state index in [9.17, 15) is 10.2 Å². The summed E-state index contributed by atoms with van der Waals surface area (Å²) in [5.74, 6) is 0.591. The molecule has 0 aliphatic carbocycles. The van der Waals surface area contributed by atoms with E-state index in [1.807, 2.05) is 72.8 Å². The van der Waals surface area contributed by atoms with Crippen molar-refractivity contribution in [3.8, 4) is 33.8 Å². The fraction of sp³-hybridized carbons (Fsp3) is 0.250. The highest BCUT2D eigenvalue weighted by atomic mass is 16.3. The van der Waals surface area contributed by atoms with Crippen molar-refractivity contribution in [1.82, 2.24) is 0 Å². The Bertz CT molecular complexity index is 1120. The van der Waals surface area contributed by atoms with Gasteiger partial charge in [0.15, 0.2) is 0 Å². The quantitative estimate of drug-likeness (QED) is 0.250. The smallest absolute Gasteiger partial charge is 0.123 e. The van der Waals surface area contributed by atoms with Gasteiger partial charge in [0.05, 0.1) is 0 Å². The fourth-order valence-corrected chi connectivity index (χ4v) is 5.08. The van der Waals surface area contributed by atoms with E-state index in [-0.39, 0.29) is 5.41 Å². The third-order valence-corrected chi connectivity index (χ3v) is 7.08. The monoisotopic (exact) mass is 450 g/mol. The number of hydrogen-bond donors (Lipinski definition) is 2. The summed E-state index contributed by atoms with van der Waals surface area (Å²) < 4.78 is 0.